The third kappa shape index (κ3) is 1.90. The van der Waals surface area contributed by atoms with E-state index in [9.17, 15) is 4.79 Å². The molecule has 0 radical (unpaired) electrons. The Morgan fingerprint density at radius 2 is 1.90 bits per heavy atom. The van der Waals surface area contributed by atoms with Crippen molar-refractivity contribution in [1.29, 1.82) is 0 Å². The van der Waals surface area contributed by atoms with Crippen LogP contribution in [0.5, 0.6) is 0 Å². The fourth-order valence-corrected chi connectivity index (χ4v) is 3.65. The zero-order valence-corrected chi connectivity index (χ0v) is 12.4. The number of Topliss-reactive ketones (excluding diaryl/α,β-unsaturated/α-hetero) is 1. The van der Waals surface area contributed by atoms with Gasteiger partial charge in [0.1, 0.15) is 11.3 Å². The molecular weight excluding hydrogens is 248 g/mol. The second-order valence-electron chi connectivity index (χ2n) is 5.92. The van der Waals surface area contributed by atoms with Crippen molar-refractivity contribution in [1.82, 2.24) is 0 Å². The lowest BCUT2D eigenvalue weighted by atomic mass is 9.76. The topological polar surface area (TPSA) is 30.2 Å². The van der Waals surface area contributed by atoms with Gasteiger partial charge in [0.05, 0.1) is 5.56 Å². The third-order valence-corrected chi connectivity index (χ3v) is 4.94. The summed E-state index contributed by atoms with van der Waals surface area (Å²) >= 11 is 0. The molecule has 106 valence electrons. The Morgan fingerprint density at radius 1 is 1.20 bits per heavy atom. The molecule has 2 nitrogen and oxygen atoms in total. The minimum atomic E-state index is -0.142. The molecule has 0 amide bonds. The molecule has 0 spiro atoms. The molecule has 1 heterocycles. The molecule has 20 heavy (non-hydrogen) atoms. The SMILES string of the molecule is CCc1oc2ccccc2c1C(=O)C1(CC)CCCC1. The van der Waals surface area contributed by atoms with Gasteiger partial charge in [-0.2, -0.15) is 0 Å². The van der Waals surface area contributed by atoms with Crippen LogP contribution in [0.2, 0.25) is 0 Å². The molecule has 2 heteroatoms. The van der Waals surface area contributed by atoms with E-state index in [4.69, 9.17) is 4.42 Å². The van der Waals surface area contributed by atoms with Crippen LogP contribution in [-0.4, -0.2) is 5.78 Å². The van der Waals surface area contributed by atoms with E-state index in [1.54, 1.807) is 0 Å². The number of hydrogen-bond acceptors (Lipinski definition) is 2. The van der Waals surface area contributed by atoms with E-state index >= 15 is 0 Å². The van der Waals surface area contributed by atoms with Crippen LogP contribution >= 0.6 is 0 Å². The predicted octanol–water partition coefficient (Wildman–Crippen LogP) is 5.15. The first-order valence-electron chi connectivity index (χ1n) is 7.77. The molecule has 0 bridgehead atoms. The van der Waals surface area contributed by atoms with Crippen LogP contribution in [0.1, 0.15) is 62.1 Å². The Bertz CT molecular complexity index is 630. The maximum absolute atomic E-state index is 13.2. The molecule has 1 saturated carbocycles. The highest BCUT2D eigenvalue weighted by molar-refractivity contribution is 6.11. The van der Waals surface area contributed by atoms with E-state index in [2.05, 4.69) is 13.8 Å². The van der Waals surface area contributed by atoms with Gasteiger partial charge in [0.25, 0.3) is 0 Å². The Balaban J connectivity index is 2.15. The number of furan rings is 1. The Hall–Kier alpha value is -1.57. The quantitative estimate of drug-likeness (QED) is 0.719. The molecule has 2 aromatic rings. The molecule has 0 N–H and O–H groups in total. The molecule has 1 aromatic carbocycles. The molecule has 1 aliphatic carbocycles. The highest BCUT2D eigenvalue weighted by atomic mass is 16.3. The van der Waals surface area contributed by atoms with Crippen molar-refractivity contribution in [3.05, 3.63) is 35.6 Å². The molecule has 3 rings (SSSR count). The first kappa shape index (κ1) is 13.4. The summed E-state index contributed by atoms with van der Waals surface area (Å²) in [5, 5.41) is 0.995. The molecular formula is C18H22O2. The van der Waals surface area contributed by atoms with Crippen molar-refractivity contribution in [3.63, 3.8) is 0 Å². The van der Waals surface area contributed by atoms with Gasteiger partial charge in [0.2, 0.25) is 0 Å². The summed E-state index contributed by atoms with van der Waals surface area (Å²) in [4.78, 5) is 13.2. The van der Waals surface area contributed by atoms with Gasteiger partial charge in [-0.1, -0.05) is 44.9 Å². The largest absolute Gasteiger partial charge is 0.460 e. The normalized spacial score (nSPS) is 17.7. The number of carbonyl (C=O) groups is 1. The van der Waals surface area contributed by atoms with Crippen molar-refractivity contribution in [2.24, 2.45) is 5.41 Å². The van der Waals surface area contributed by atoms with E-state index in [0.717, 1.165) is 48.0 Å². The summed E-state index contributed by atoms with van der Waals surface area (Å²) < 4.78 is 5.90. The second kappa shape index (κ2) is 5.08. The fourth-order valence-electron chi connectivity index (χ4n) is 3.65. The number of rotatable bonds is 4. The first-order chi connectivity index (χ1) is 9.72. The second-order valence-corrected chi connectivity index (χ2v) is 5.92. The van der Waals surface area contributed by atoms with Crippen LogP contribution in [0.3, 0.4) is 0 Å². The minimum Gasteiger partial charge on any atom is -0.460 e. The Kier molecular flexibility index (Phi) is 3.41. The Labute approximate surface area is 120 Å². The average molecular weight is 270 g/mol. The van der Waals surface area contributed by atoms with E-state index < -0.39 is 0 Å². The van der Waals surface area contributed by atoms with Gasteiger partial charge in [0, 0.05) is 17.2 Å². The van der Waals surface area contributed by atoms with Crippen LogP contribution in [0.25, 0.3) is 11.0 Å². The third-order valence-electron chi connectivity index (χ3n) is 4.94. The summed E-state index contributed by atoms with van der Waals surface area (Å²) in [6.07, 6.45) is 6.13. The van der Waals surface area contributed by atoms with Gasteiger partial charge in [-0.05, 0) is 25.3 Å². The van der Waals surface area contributed by atoms with Gasteiger partial charge in [0.15, 0.2) is 5.78 Å². The number of aryl methyl sites for hydroxylation is 1. The standard InChI is InChI=1S/C18H22O2/c1-3-14-16(13-9-5-6-10-15(13)20-14)17(19)18(4-2)11-7-8-12-18/h5-6,9-10H,3-4,7-8,11-12H2,1-2H3. The monoisotopic (exact) mass is 270 g/mol. The van der Waals surface area contributed by atoms with E-state index in [1.165, 1.54) is 12.8 Å². The van der Waals surface area contributed by atoms with Crippen molar-refractivity contribution >= 4 is 16.8 Å². The van der Waals surface area contributed by atoms with Crippen molar-refractivity contribution in [2.45, 2.75) is 52.4 Å². The van der Waals surface area contributed by atoms with Gasteiger partial charge in [-0.15, -0.1) is 0 Å². The highest BCUT2D eigenvalue weighted by Gasteiger charge is 2.41. The molecule has 0 saturated heterocycles. The minimum absolute atomic E-state index is 0.142. The summed E-state index contributed by atoms with van der Waals surface area (Å²) in [5.41, 5.74) is 1.56. The molecule has 1 fully saturated rings. The molecule has 0 unspecified atom stereocenters. The number of fused-ring (bicyclic) bond motifs is 1. The van der Waals surface area contributed by atoms with E-state index in [-0.39, 0.29) is 5.41 Å². The highest BCUT2D eigenvalue weighted by Crippen LogP contribution is 2.45. The molecule has 0 atom stereocenters. The van der Waals surface area contributed by atoms with Crippen LogP contribution in [0, 0.1) is 5.41 Å². The number of ketones is 1. The smallest absolute Gasteiger partial charge is 0.173 e. The lowest BCUT2D eigenvalue weighted by Crippen LogP contribution is -2.27. The Morgan fingerprint density at radius 3 is 2.55 bits per heavy atom. The van der Waals surface area contributed by atoms with Gasteiger partial charge in [-0.25, -0.2) is 0 Å². The van der Waals surface area contributed by atoms with Crippen molar-refractivity contribution in [3.8, 4) is 0 Å². The maximum Gasteiger partial charge on any atom is 0.173 e. The fraction of sp³-hybridized carbons (Fsp3) is 0.500. The maximum atomic E-state index is 13.2. The summed E-state index contributed by atoms with van der Waals surface area (Å²) in [6.45, 7) is 4.21. The predicted molar refractivity (Wildman–Crippen MR) is 81.1 cm³/mol. The van der Waals surface area contributed by atoms with Gasteiger partial charge < -0.3 is 4.42 Å². The lowest BCUT2D eigenvalue weighted by Gasteiger charge is -2.25. The summed E-state index contributed by atoms with van der Waals surface area (Å²) in [5.74, 6) is 1.18. The first-order valence-corrected chi connectivity index (χ1v) is 7.77. The number of hydrogen-bond donors (Lipinski definition) is 0. The molecule has 1 aromatic heterocycles. The van der Waals surface area contributed by atoms with Crippen LogP contribution in [0.15, 0.2) is 28.7 Å². The van der Waals surface area contributed by atoms with Gasteiger partial charge >= 0.3 is 0 Å². The van der Waals surface area contributed by atoms with Crippen LogP contribution in [0.4, 0.5) is 0 Å². The summed E-state index contributed by atoms with van der Waals surface area (Å²) in [6, 6.07) is 7.92. The van der Waals surface area contributed by atoms with Crippen molar-refractivity contribution in [2.75, 3.05) is 0 Å². The van der Waals surface area contributed by atoms with Crippen molar-refractivity contribution < 1.29 is 9.21 Å². The van der Waals surface area contributed by atoms with Crippen LogP contribution in [-0.2, 0) is 6.42 Å². The van der Waals surface area contributed by atoms with Gasteiger partial charge in [-0.3, -0.25) is 4.79 Å². The zero-order chi connectivity index (χ0) is 14.2. The number of carbonyl (C=O) groups excluding carboxylic acids is 1. The molecule has 1 aliphatic rings. The summed E-state index contributed by atoms with van der Waals surface area (Å²) in [7, 11) is 0. The van der Waals surface area contributed by atoms with Crippen LogP contribution < -0.4 is 0 Å². The number of benzene rings is 1. The number of para-hydroxylation sites is 1. The van der Waals surface area contributed by atoms with E-state index in [1.807, 2.05) is 24.3 Å². The van der Waals surface area contributed by atoms with E-state index in [0.29, 0.717) is 5.78 Å². The molecule has 0 aliphatic heterocycles. The lowest BCUT2D eigenvalue weighted by molar-refractivity contribution is 0.0791. The zero-order valence-electron chi connectivity index (χ0n) is 12.4. The average Bonchev–Trinajstić information content (AvgIpc) is 3.11.